The van der Waals surface area contributed by atoms with Crippen LogP contribution in [0.5, 0.6) is 11.5 Å². The smallest absolute Gasteiger partial charge is 0.253 e. The first-order chi connectivity index (χ1) is 18.6. The lowest BCUT2D eigenvalue weighted by Crippen LogP contribution is -2.46. The minimum Gasteiger partial charge on any atom is -0.448 e. The highest BCUT2D eigenvalue weighted by Gasteiger charge is 2.47. The summed E-state index contributed by atoms with van der Waals surface area (Å²) in [6, 6.07) is 4.42. The van der Waals surface area contributed by atoms with E-state index in [1.807, 2.05) is 39.8 Å². The monoisotopic (exact) mass is 535 g/mol. The van der Waals surface area contributed by atoms with Gasteiger partial charge in [0, 0.05) is 53.4 Å². The standard InChI is InChI=1S/C31H41N3O5/c1-18-15-19(2)33-30(36)26(18)17-32-29(35)24-16-25(21-11-13-37-14-12-21)28-27(20(24)3)38-31(4,39-28)22-7-9-23(10-8-22)34(5)6/h11,15-16,22-23H,7-10,12-14,17H2,1-6H3,(H,32,35)(H,33,36)/t22-,23-,31?. The maximum absolute atomic E-state index is 13.6. The summed E-state index contributed by atoms with van der Waals surface area (Å²) in [4.78, 5) is 31.2. The van der Waals surface area contributed by atoms with E-state index >= 15 is 0 Å². The van der Waals surface area contributed by atoms with Gasteiger partial charge in [-0.25, -0.2) is 0 Å². The van der Waals surface area contributed by atoms with E-state index in [0.717, 1.165) is 65.8 Å². The van der Waals surface area contributed by atoms with Crippen LogP contribution in [0.25, 0.3) is 5.57 Å². The second-order valence-corrected chi connectivity index (χ2v) is 11.6. The summed E-state index contributed by atoms with van der Waals surface area (Å²) in [7, 11) is 4.29. The Bertz CT molecular complexity index is 1350. The van der Waals surface area contributed by atoms with Gasteiger partial charge in [0.05, 0.1) is 13.2 Å². The average Bonchev–Trinajstić information content (AvgIpc) is 3.28. The lowest BCUT2D eigenvalue weighted by atomic mass is 9.81. The van der Waals surface area contributed by atoms with Gasteiger partial charge in [0.2, 0.25) is 0 Å². The predicted octanol–water partition coefficient (Wildman–Crippen LogP) is 4.64. The van der Waals surface area contributed by atoms with Gasteiger partial charge in [0.15, 0.2) is 11.5 Å². The molecule has 8 nitrogen and oxygen atoms in total. The van der Waals surface area contributed by atoms with E-state index in [9.17, 15) is 9.59 Å². The molecule has 5 rings (SSSR count). The molecule has 0 spiro atoms. The zero-order chi connectivity index (χ0) is 27.9. The molecule has 3 aliphatic rings. The van der Waals surface area contributed by atoms with Gasteiger partial charge in [-0.15, -0.1) is 0 Å². The molecule has 1 saturated carbocycles. The van der Waals surface area contributed by atoms with E-state index in [2.05, 4.69) is 35.4 Å². The Morgan fingerprint density at radius 2 is 1.82 bits per heavy atom. The van der Waals surface area contributed by atoms with Crippen molar-refractivity contribution in [1.29, 1.82) is 0 Å². The molecular formula is C31H41N3O5. The number of carbonyl (C=O) groups excluding carboxylic acids is 1. The number of ether oxygens (including phenoxy) is 3. The number of rotatable bonds is 6. The Kier molecular flexibility index (Phi) is 7.62. The molecule has 210 valence electrons. The van der Waals surface area contributed by atoms with Gasteiger partial charge in [0.25, 0.3) is 17.3 Å². The molecule has 1 amide bonds. The molecule has 1 aromatic carbocycles. The normalized spacial score (nSPS) is 24.5. The number of hydrogen-bond donors (Lipinski definition) is 2. The lowest BCUT2D eigenvalue weighted by Gasteiger charge is -2.39. The van der Waals surface area contributed by atoms with Crippen molar-refractivity contribution < 1.29 is 19.0 Å². The number of benzene rings is 1. The third-order valence-electron chi connectivity index (χ3n) is 8.74. The molecule has 8 heteroatoms. The molecule has 2 aromatic rings. The first kappa shape index (κ1) is 27.5. The summed E-state index contributed by atoms with van der Waals surface area (Å²) >= 11 is 0. The highest BCUT2D eigenvalue weighted by atomic mass is 16.7. The third kappa shape index (κ3) is 5.37. The van der Waals surface area contributed by atoms with E-state index in [1.54, 1.807) is 0 Å². The van der Waals surface area contributed by atoms with Gasteiger partial charge in [-0.05, 0) is 90.2 Å². The number of fused-ring (bicyclic) bond motifs is 1. The molecule has 1 aliphatic carbocycles. The summed E-state index contributed by atoms with van der Waals surface area (Å²) in [5, 5.41) is 2.97. The molecule has 0 radical (unpaired) electrons. The van der Waals surface area contributed by atoms with Crippen molar-refractivity contribution in [2.75, 3.05) is 27.3 Å². The Balaban J connectivity index is 1.45. The van der Waals surface area contributed by atoms with E-state index in [1.165, 1.54) is 0 Å². The topological polar surface area (TPSA) is 92.9 Å². The Hall–Kier alpha value is -3.10. The van der Waals surface area contributed by atoms with Crippen LogP contribution < -0.4 is 20.3 Å². The predicted molar refractivity (Wildman–Crippen MR) is 151 cm³/mol. The molecule has 1 atom stereocenters. The second-order valence-electron chi connectivity index (χ2n) is 11.6. The first-order valence-corrected chi connectivity index (χ1v) is 14.0. The minimum atomic E-state index is -0.785. The Morgan fingerprint density at radius 1 is 1.10 bits per heavy atom. The fourth-order valence-electron chi connectivity index (χ4n) is 6.28. The summed E-state index contributed by atoms with van der Waals surface area (Å²) in [5.74, 6) is 0.594. The van der Waals surface area contributed by atoms with Crippen molar-refractivity contribution in [3.05, 3.63) is 62.1 Å². The molecule has 2 aliphatic heterocycles. The minimum absolute atomic E-state index is 0.146. The second kappa shape index (κ2) is 10.8. The van der Waals surface area contributed by atoms with Crippen LogP contribution in [-0.4, -0.2) is 54.9 Å². The number of H-pyrrole nitrogens is 1. The molecule has 0 bridgehead atoms. The Labute approximate surface area is 230 Å². The van der Waals surface area contributed by atoms with Gasteiger partial charge in [-0.1, -0.05) is 6.08 Å². The van der Waals surface area contributed by atoms with Crippen molar-refractivity contribution >= 4 is 11.5 Å². The number of aromatic nitrogens is 1. The van der Waals surface area contributed by atoms with E-state index in [4.69, 9.17) is 14.2 Å². The number of nitrogens with zero attached hydrogens (tertiary/aromatic N) is 1. The van der Waals surface area contributed by atoms with Crippen LogP contribution in [-0.2, 0) is 11.3 Å². The number of hydrogen-bond acceptors (Lipinski definition) is 6. The van der Waals surface area contributed by atoms with E-state index in [-0.39, 0.29) is 23.9 Å². The van der Waals surface area contributed by atoms with Crippen LogP contribution in [0.1, 0.15) is 77.3 Å². The van der Waals surface area contributed by atoms with Crippen LogP contribution in [0, 0.1) is 26.7 Å². The fraction of sp³-hybridized carbons (Fsp3) is 0.548. The van der Waals surface area contributed by atoms with Gasteiger partial charge in [0.1, 0.15) is 0 Å². The van der Waals surface area contributed by atoms with Gasteiger partial charge >= 0.3 is 0 Å². The highest BCUT2D eigenvalue weighted by molar-refractivity contribution is 5.98. The number of aromatic amines is 1. The molecular weight excluding hydrogens is 494 g/mol. The molecule has 1 fully saturated rings. The summed E-state index contributed by atoms with van der Waals surface area (Å²) < 4.78 is 18.9. The number of pyridine rings is 1. The fourth-order valence-corrected chi connectivity index (χ4v) is 6.28. The van der Waals surface area contributed by atoms with Gasteiger partial charge in [-0.3, -0.25) is 9.59 Å². The van der Waals surface area contributed by atoms with Gasteiger partial charge < -0.3 is 29.4 Å². The van der Waals surface area contributed by atoms with Crippen molar-refractivity contribution in [3.8, 4) is 11.5 Å². The molecule has 1 unspecified atom stereocenters. The first-order valence-electron chi connectivity index (χ1n) is 14.0. The van der Waals surface area contributed by atoms with Crippen LogP contribution in [0.4, 0.5) is 0 Å². The van der Waals surface area contributed by atoms with Crippen LogP contribution in [0.2, 0.25) is 0 Å². The SMILES string of the molecule is Cc1cc(C)c(CNC(=O)c2cc(C3=CCOCC3)c3c(c2C)OC(C)([C@H]2CC[C@H](N(C)C)CC2)O3)c(=O)[nH]1. The van der Waals surface area contributed by atoms with Crippen molar-refractivity contribution in [3.63, 3.8) is 0 Å². The van der Waals surface area contributed by atoms with Crippen molar-refractivity contribution in [2.45, 2.75) is 78.2 Å². The number of carbonyl (C=O) groups is 1. The maximum Gasteiger partial charge on any atom is 0.253 e. The van der Waals surface area contributed by atoms with Crippen LogP contribution >= 0.6 is 0 Å². The number of amides is 1. The zero-order valence-corrected chi connectivity index (χ0v) is 24.0. The summed E-state index contributed by atoms with van der Waals surface area (Å²) in [5.41, 5.74) is 5.29. The zero-order valence-electron chi connectivity index (χ0n) is 24.0. The van der Waals surface area contributed by atoms with Gasteiger partial charge in [-0.2, -0.15) is 0 Å². The van der Waals surface area contributed by atoms with Crippen molar-refractivity contribution in [1.82, 2.24) is 15.2 Å². The molecule has 2 N–H and O–H groups in total. The highest BCUT2D eigenvalue weighted by Crippen LogP contribution is 2.52. The molecule has 3 heterocycles. The quantitative estimate of drug-likeness (QED) is 0.560. The van der Waals surface area contributed by atoms with Crippen LogP contribution in [0.3, 0.4) is 0 Å². The Morgan fingerprint density at radius 3 is 2.46 bits per heavy atom. The van der Waals surface area contributed by atoms with E-state index in [0.29, 0.717) is 36.1 Å². The lowest BCUT2D eigenvalue weighted by molar-refractivity contribution is -0.123. The number of nitrogens with one attached hydrogen (secondary N) is 2. The molecule has 39 heavy (non-hydrogen) atoms. The largest absolute Gasteiger partial charge is 0.448 e. The number of aryl methyl sites for hydroxylation is 2. The third-order valence-corrected chi connectivity index (χ3v) is 8.74. The maximum atomic E-state index is 13.6. The van der Waals surface area contributed by atoms with Crippen LogP contribution in [0.15, 0.2) is 23.0 Å². The summed E-state index contributed by atoms with van der Waals surface area (Å²) in [6.45, 7) is 8.99. The molecule has 0 saturated heterocycles. The summed E-state index contributed by atoms with van der Waals surface area (Å²) in [6.07, 6.45) is 7.06. The van der Waals surface area contributed by atoms with Crippen molar-refractivity contribution in [2.24, 2.45) is 5.92 Å². The average molecular weight is 536 g/mol. The molecule has 1 aromatic heterocycles. The van der Waals surface area contributed by atoms with E-state index < -0.39 is 5.79 Å².